The Hall–Kier alpha value is -2.61. The maximum atomic E-state index is 12.9. The highest BCUT2D eigenvalue weighted by Crippen LogP contribution is 2.30. The van der Waals surface area contributed by atoms with E-state index < -0.39 is 28.9 Å². The number of urea groups is 1. The van der Waals surface area contributed by atoms with Gasteiger partial charge in [0.25, 0.3) is 5.91 Å². The molecule has 1 fully saturated rings. The predicted octanol–water partition coefficient (Wildman–Crippen LogP) is 1.34. The number of carbonyl (C=O) groups excluding carboxylic acids is 3. The normalized spacial score (nSPS) is 21.5. The fourth-order valence-electron chi connectivity index (χ4n) is 3.57. The molecule has 0 spiro atoms. The van der Waals surface area contributed by atoms with Gasteiger partial charge in [-0.1, -0.05) is 26.0 Å². The SMILES string of the molecule is COc1ccc(C2(C)NC(=O)N(CC(=O)NC(C)(CN)CC(C)C)C2=O)cc1. The van der Waals surface area contributed by atoms with Crippen molar-refractivity contribution < 1.29 is 19.1 Å². The van der Waals surface area contributed by atoms with Gasteiger partial charge in [0.05, 0.1) is 7.11 Å². The highest BCUT2D eigenvalue weighted by atomic mass is 16.5. The van der Waals surface area contributed by atoms with Gasteiger partial charge >= 0.3 is 6.03 Å². The maximum absolute atomic E-state index is 12.9. The molecule has 4 N–H and O–H groups in total. The number of ether oxygens (including phenoxy) is 1. The lowest BCUT2D eigenvalue weighted by molar-refractivity contribution is -0.135. The molecule has 8 nitrogen and oxygen atoms in total. The number of nitrogens with two attached hydrogens (primary N) is 1. The van der Waals surface area contributed by atoms with Crippen LogP contribution in [0.15, 0.2) is 24.3 Å². The van der Waals surface area contributed by atoms with E-state index in [1.54, 1.807) is 38.3 Å². The van der Waals surface area contributed by atoms with E-state index in [1.807, 2.05) is 20.8 Å². The molecule has 1 heterocycles. The van der Waals surface area contributed by atoms with Crippen LogP contribution in [-0.2, 0) is 15.1 Å². The van der Waals surface area contributed by atoms with Crippen LogP contribution >= 0.6 is 0 Å². The molecule has 2 unspecified atom stereocenters. The molecule has 2 rings (SSSR count). The lowest BCUT2D eigenvalue weighted by Gasteiger charge is -2.31. The molecule has 1 aromatic rings. The molecule has 1 aromatic carbocycles. The number of hydrogen-bond donors (Lipinski definition) is 3. The van der Waals surface area contributed by atoms with Crippen LogP contribution in [0.2, 0.25) is 0 Å². The zero-order chi connectivity index (χ0) is 21.1. The Bertz CT molecular complexity index is 749. The second-order valence-corrected chi connectivity index (χ2v) is 8.09. The van der Waals surface area contributed by atoms with E-state index >= 15 is 0 Å². The van der Waals surface area contributed by atoms with E-state index in [2.05, 4.69) is 10.6 Å². The first kappa shape index (κ1) is 21.7. The number of imide groups is 1. The zero-order valence-corrected chi connectivity index (χ0v) is 17.2. The molecule has 0 aliphatic carbocycles. The first-order chi connectivity index (χ1) is 13.0. The van der Waals surface area contributed by atoms with Gasteiger partial charge in [-0.2, -0.15) is 0 Å². The fourth-order valence-corrected chi connectivity index (χ4v) is 3.57. The van der Waals surface area contributed by atoms with Gasteiger partial charge in [0.15, 0.2) is 0 Å². The standard InChI is InChI=1S/C20H30N4O4/c1-13(2)10-19(3,12-21)22-16(25)11-24-17(26)20(4,23-18(24)27)14-6-8-15(28-5)9-7-14/h6-9,13H,10-12,21H2,1-5H3,(H,22,25)(H,23,27). The summed E-state index contributed by atoms with van der Waals surface area (Å²) in [6, 6.07) is 6.27. The van der Waals surface area contributed by atoms with Crippen molar-refractivity contribution in [1.29, 1.82) is 0 Å². The van der Waals surface area contributed by atoms with Crippen LogP contribution in [0.25, 0.3) is 0 Å². The molecular weight excluding hydrogens is 360 g/mol. The highest BCUT2D eigenvalue weighted by molar-refractivity contribution is 6.09. The van der Waals surface area contributed by atoms with Gasteiger partial charge in [0.2, 0.25) is 5.91 Å². The van der Waals surface area contributed by atoms with Crippen LogP contribution in [0.1, 0.15) is 39.7 Å². The summed E-state index contributed by atoms with van der Waals surface area (Å²) in [4.78, 5) is 38.8. The van der Waals surface area contributed by atoms with Crippen molar-refractivity contribution in [3.63, 3.8) is 0 Å². The van der Waals surface area contributed by atoms with E-state index in [-0.39, 0.29) is 13.1 Å². The van der Waals surface area contributed by atoms with Crippen LogP contribution in [0.5, 0.6) is 5.75 Å². The van der Waals surface area contributed by atoms with Crippen LogP contribution in [0, 0.1) is 5.92 Å². The van der Waals surface area contributed by atoms with Crippen LogP contribution < -0.4 is 21.1 Å². The van der Waals surface area contributed by atoms with Crippen molar-refractivity contribution in [2.75, 3.05) is 20.2 Å². The Morgan fingerprint density at radius 3 is 2.43 bits per heavy atom. The first-order valence-corrected chi connectivity index (χ1v) is 9.34. The van der Waals surface area contributed by atoms with Crippen molar-refractivity contribution >= 4 is 17.8 Å². The molecule has 4 amide bonds. The Balaban J connectivity index is 2.13. The number of nitrogens with zero attached hydrogens (tertiary/aromatic N) is 1. The number of carbonyl (C=O) groups is 3. The predicted molar refractivity (Wildman–Crippen MR) is 106 cm³/mol. The van der Waals surface area contributed by atoms with Gasteiger partial charge in [-0.15, -0.1) is 0 Å². The molecule has 154 valence electrons. The molecule has 0 bridgehead atoms. The van der Waals surface area contributed by atoms with Gasteiger partial charge in [-0.05, 0) is 43.9 Å². The van der Waals surface area contributed by atoms with Crippen molar-refractivity contribution in [1.82, 2.24) is 15.5 Å². The number of hydrogen-bond acceptors (Lipinski definition) is 5. The molecule has 1 saturated heterocycles. The van der Waals surface area contributed by atoms with Gasteiger partial charge in [0.1, 0.15) is 17.8 Å². The quantitative estimate of drug-likeness (QED) is 0.580. The van der Waals surface area contributed by atoms with Crippen molar-refractivity contribution in [3.05, 3.63) is 29.8 Å². The monoisotopic (exact) mass is 390 g/mol. The third kappa shape index (κ3) is 4.44. The van der Waals surface area contributed by atoms with E-state index in [9.17, 15) is 14.4 Å². The number of nitrogens with one attached hydrogen (secondary N) is 2. The van der Waals surface area contributed by atoms with Crippen molar-refractivity contribution in [2.45, 2.75) is 45.2 Å². The van der Waals surface area contributed by atoms with Gasteiger partial charge in [-0.25, -0.2) is 4.79 Å². The molecule has 0 aromatic heterocycles. The molecular formula is C20H30N4O4. The van der Waals surface area contributed by atoms with E-state index in [0.717, 1.165) is 4.90 Å². The van der Waals surface area contributed by atoms with Crippen molar-refractivity contribution in [3.8, 4) is 5.75 Å². The molecule has 8 heteroatoms. The van der Waals surface area contributed by atoms with Gasteiger partial charge in [-0.3, -0.25) is 14.5 Å². The highest BCUT2D eigenvalue weighted by Gasteiger charge is 2.49. The summed E-state index contributed by atoms with van der Waals surface area (Å²) in [6.45, 7) is 7.47. The van der Waals surface area contributed by atoms with E-state index in [1.165, 1.54) is 0 Å². The minimum Gasteiger partial charge on any atom is -0.497 e. The molecule has 1 aliphatic rings. The molecule has 28 heavy (non-hydrogen) atoms. The molecule has 1 aliphatic heterocycles. The summed E-state index contributed by atoms with van der Waals surface area (Å²) < 4.78 is 5.12. The maximum Gasteiger partial charge on any atom is 0.325 e. The molecule has 0 saturated carbocycles. The average molecular weight is 390 g/mol. The number of benzene rings is 1. The Morgan fingerprint density at radius 2 is 1.93 bits per heavy atom. The number of rotatable bonds is 8. The number of amides is 4. The first-order valence-electron chi connectivity index (χ1n) is 9.34. The molecule has 2 atom stereocenters. The largest absolute Gasteiger partial charge is 0.497 e. The summed E-state index contributed by atoms with van der Waals surface area (Å²) in [5.74, 6) is 0.0859. The minimum atomic E-state index is -1.24. The van der Waals surface area contributed by atoms with Gasteiger partial charge in [0, 0.05) is 12.1 Å². The number of methoxy groups -OCH3 is 1. The Morgan fingerprint density at radius 1 is 1.32 bits per heavy atom. The third-order valence-electron chi connectivity index (χ3n) is 4.99. The third-order valence-corrected chi connectivity index (χ3v) is 4.99. The van der Waals surface area contributed by atoms with Crippen LogP contribution in [0.4, 0.5) is 4.79 Å². The minimum absolute atomic E-state index is 0.265. The van der Waals surface area contributed by atoms with Crippen LogP contribution in [0.3, 0.4) is 0 Å². The Labute approximate surface area is 165 Å². The Kier molecular flexibility index (Phi) is 6.34. The summed E-state index contributed by atoms with van der Waals surface area (Å²) in [5.41, 5.74) is 4.61. The summed E-state index contributed by atoms with van der Waals surface area (Å²) in [7, 11) is 1.55. The second kappa shape index (κ2) is 8.18. The average Bonchev–Trinajstić information content (AvgIpc) is 2.85. The zero-order valence-electron chi connectivity index (χ0n) is 17.2. The van der Waals surface area contributed by atoms with E-state index in [4.69, 9.17) is 10.5 Å². The second-order valence-electron chi connectivity index (χ2n) is 8.09. The topological polar surface area (TPSA) is 114 Å². The summed E-state index contributed by atoms with van der Waals surface area (Å²) in [5, 5.41) is 5.56. The van der Waals surface area contributed by atoms with Gasteiger partial charge < -0.3 is 21.1 Å². The lowest BCUT2D eigenvalue weighted by atomic mass is 9.90. The van der Waals surface area contributed by atoms with Crippen LogP contribution in [-0.4, -0.2) is 48.5 Å². The lowest BCUT2D eigenvalue weighted by Crippen LogP contribution is -2.55. The smallest absolute Gasteiger partial charge is 0.325 e. The van der Waals surface area contributed by atoms with Crippen molar-refractivity contribution in [2.24, 2.45) is 11.7 Å². The molecule has 0 radical (unpaired) electrons. The summed E-state index contributed by atoms with van der Waals surface area (Å²) in [6.07, 6.45) is 0.693. The summed E-state index contributed by atoms with van der Waals surface area (Å²) >= 11 is 0. The van der Waals surface area contributed by atoms with E-state index in [0.29, 0.717) is 23.7 Å². The fraction of sp³-hybridized carbons (Fsp3) is 0.550.